The Hall–Kier alpha value is 0.500. The van der Waals surface area contributed by atoms with E-state index in [0.717, 1.165) is 6.04 Å². The highest BCUT2D eigenvalue weighted by Crippen LogP contribution is 2.28. The van der Waals surface area contributed by atoms with E-state index in [0.29, 0.717) is 12.1 Å². The number of hydrogen-bond acceptors (Lipinski definition) is 2. The van der Waals surface area contributed by atoms with Gasteiger partial charge in [-0.1, -0.05) is 0 Å². The van der Waals surface area contributed by atoms with Crippen molar-refractivity contribution < 1.29 is 0 Å². The van der Waals surface area contributed by atoms with Crippen molar-refractivity contribution in [3.63, 3.8) is 0 Å². The van der Waals surface area contributed by atoms with E-state index in [2.05, 4.69) is 24.1 Å². The summed E-state index contributed by atoms with van der Waals surface area (Å²) in [4.78, 5) is 2.64. The Labute approximate surface area is 93.3 Å². The van der Waals surface area contributed by atoms with Crippen LogP contribution in [0.2, 0.25) is 0 Å². The molecule has 0 radical (unpaired) electrons. The molecule has 0 aromatic heterocycles. The van der Waals surface area contributed by atoms with Crippen LogP contribution < -0.4 is 5.32 Å². The lowest BCUT2D eigenvalue weighted by atomic mass is 10.1. The molecule has 2 aliphatic rings. The van der Waals surface area contributed by atoms with Gasteiger partial charge >= 0.3 is 0 Å². The van der Waals surface area contributed by atoms with Crippen molar-refractivity contribution in [2.24, 2.45) is 0 Å². The first kappa shape index (κ1) is 13.5. The van der Waals surface area contributed by atoms with Gasteiger partial charge in [0.05, 0.1) is 0 Å². The molecule has 1 N–H and O–H groups in total. The van der Waals surface area contributed by atoms with Crippen LogP contribution in [0, 0.1) is 0 Å². The number of piperazine rings is 1. The highest BCUT2D eigenvalue weighted by atomic mass is 35.5. The molecule has 2 unspecified atom stereocenters. The lowest BCUT2D eigenvalue weighted by Gasteiger charge is -2.36. The molecular formula is C9H20Cl2N2. The molecule has 2 rings (SSSR count). The molecule has 80 valence electrons. The van der Waals surface area contributed by atoms with Crippen LogP contribution in [-0.4, -0.2) is 36.1 Å². The van der Waals surface area contributed by atoms with Crippen molar-refractivity contribution in [1.29, 1.82) is 0 Å². The van der Waals surface area contributed by atoms with E-state index in [-0.39, 0.29) is 24.8 Å². The highest BCUT2D eigenvalue weighted by molar-refractivity contribution is 5.85. The van der Waals surface area contributed by atoms with Crippen molar-refractivity contribution in [2.45, 2.75) is 44.8 Å². The fourth-order valence-electron chi connectivity index (χ4n) is 2.11. The van der Waals surface area contributed by atoms with E-state index in [1.54, 1.807) is 0 Å². The Balaban J connectivity index is 0.000000720. The van der Waals surface area contributed by atoms with Crippen LogP contribution in [0.1, 0.15) is 26.7 Å². The van der Waals surface area contributed by atoms with Gasteiger partial charge in [-0.05, 0) is 26.7 Å². The van der Waals surface area contributed by atoms with Crippen LogP contribution >= 0.6 is 24.8 Å². The first-order chi connectivity index (χ1) is 5.25. The molecule has 2 fully saturated rings. The van der Waals surface area contributed by atoms with E-state index in [4.69, 9.17) is 0 Å². The summed E-state index contributed by atoms with van der Waals surface area (Å²) in [6, 6.07) is 2.33. The topological polar surface area (TPSA) is 15.3 Å². The zero-order valence-electron chi connectivity index (χ0n) is 8.32. The normalized spacial score (nSPS) is 34.6. The lowest BCUT2D eigenvalue weighted by Crippen LogP contribution is -2.54. The minimum atomic E-state index is 0. The molecule has 4 heteroatoms. The van der Waals surface area contributed by atoms with Crippen molar-refractivity contribution in [3.05, 3.63) is 0 Å². The zero-order valence-corrected chi connectivity index (χ0v) is 9.96. The molecule has 0 aromatic carbocycles. The minimum Gasteiger partial charge on any atom is -0.309 e. The second-order valence-corrected chi connectivity index (χ2v) is 4.15. The highest BCUT2D eigenvalue weighted by Gasteiger charge is 2.33. The van der Waals surface area contributed by atoms with E-state index < -0.39 is 0 Å². The number of rotatable bonds is 1. The Morgan fingerprint density at radius 1 is 1.00 bits per heavy atom. The molecule has 1 aliphatic heterocycles. The molecule has 13 heavy (non-hydrogen) atoms. The Bertz CT molecular complexity index is 141. The summed E-state index contributed by atoms with van der Waals surface area (Å²) < 4.78 is 0. The summed E-state index contributed by atoms with van der Waals surface area (Å²) in [6.07, 6.45) is 2.89. The van der Waals surface area contributed by atoms with Crippen LogP contribution in [0.25, 0.3) is 0 Å². The Kier molecular flexibility index (Phi) is 5.61. The quantitative estimate of drug-likeness (QED) is 0.733. The fraction of sp³-hybridized carbons (Fsp3) is 1.00. The van der Waals surface area contributed by atoms with Crippen LogP contribution in [0.3, 0.4) is 0 Å². The van der Waals surface area contributed by atoms with E-state index in [1.807, 2.05) is 0 Å². The van der Waals surface area contributed by atoms with Crippen LogP contribution in [0.15, 0.2) is 0 Å². The van der Waals surface area contributed by atoms with Gasteiger partial charge in [0.25, 0.3) is 0 Å². The molecule has 1 heterocycles. The number of hydrogen-bond donors (Lipinski definition) is 1. The van der Waals surface area contributed by atoms with Crippen molar-refractivity contribution in [2.75, 3.05) is 13.1 Å². The fourth-order valence-corrected chi connectivity index (χ4v) is 2.11. The standard InChI is InChI=1S/C9H18N2.2ClH/c1-7-5-11(9-3-4-9)6-8(2)10-7;;/h7-10H,3-6H2,1-2H3;2*1H. The largest absolute Gasteiger partial charge is 0.309 e. The van der Waals surface area contributed by atoms with Crippen molar-refractivity contribution >= 4 is 24.8 Å². The molecule has 1 saturated heterocycles. The van der Waals surface area contributed by atoms with Gasteiger partial charge in [-0.25, -0.2) is 0 Å². The summed E-state index contributed by atoms with van der Waals surface area (Å²) in [5.74, 6) is 0. The molecule has 2 atom stereocenters. The number of halogens is 2. The maximum Gasteiger partial charge on any atom is 0.0169 e. The molecule has 0 spiro atoms. The van der Waals surface area contributed by atoms with Gasteiger partial charge in [0, 0.05) is 31.2 Å². The van der Waals surface area contributed by atoms with E-state index >= 15 is 0 Å². The van der Waals surface area contributed by atoms with E-state index in [9.17, 15) is 0 Å². The maximum atomic E-state index is 3.55. The second-order valence-electron chi connectivity index (χ2n) is 4.15. The van der Waals surface area contributed by atoms with E-state index in [1.165, 1.54) is 25.9 Å². The third kappa shape index (κ3) is 3.62. The van der Waals surface area contributed by atoms with Gasteiger partial charge < -0.3 is 5.32 Å². The van der Waals surface area contributed by atoms with Gasteiger partial charge in [0.2, 0.25) is 0 Å². The van der Waals surface area contributed by atoms with Gasteiger partial charge in [-0.3, -0.25) is 4.90 Å². The SMILES string of the molecule is CC1CN(C2CC2)CC(C)N1.Cl.Cl. The first-order valence-electron chi connectivity index (χ1n) is 4.76. The number of nitrogens with zero attached hydrogens (tertiary/aromatic N) is 1. The predicted octanol–water partition coefficient (Wildman–Crippen LogP) is 1.67. The summed E-state index contributed by atoms with van der Waals surface area (Å²) >= 11 is 0. The molecule has 0 aromatic rings. The van der Waals surface area contributed by atoms with Gasteiger partial charge in [0.1, 0.15) is 0 Å². The molecule has 2 nitrogen and oxygen atoms in total. The number of nitrogens with one attached hydrogen (secondary N) is 1. The van der Waals surface area contributed by atoms with Crippen LogP contribution in [-0.2, 0) is 0 Å². The summed E-state index contributed by atoms with van der Waals surface area (Å²) in [6.45, 7) is 7.08. The van der Waals surface area contributed by atoms with Gasteiger partial charge in [-0.15, -0.1) is 24.8 Å². The van der Waals surface area contributed by atoms with Crippen molar-refractivity contribution in [1.82, 2.24) is 10.2 Å². The van der Waals surface area contributed by atoms with Gasteiger partial charge in [0.15, 0.2) is 0 Å². The Morgan fingerprint density at radius 2 is 1.46 bits per heavy atom. The molecule has 1 saturated carbocycles. The predicted molar refractivity (Wildman–Crippen MR) is 61.2 cm³/mol. The third-order valence-corrected chi connectivity index (χ3v) is 2.65. The van der Waals surface area contributed by atoms with Crippen LogP contribution in [0.5, 0.6) is 0 Å². The monoisotopic (exact) mass is 226 g/mol. The molecule has 0 amide bonds. The smallest absolute Gasteiger partial charge is 0.0169 e. The van der Waals surface area contributed by atoms with Crippen LogP contribution in [0.4, 0.5) is 0 Å². The molecule has 1 aliphatic carbocycles. The van der Waals surface area contributed by atoms with Crippen molar-refractivity contribution in [3.8, 4) is 0 Å². The minimum absolute atomic E-state index is 0. The average molecular weight is 227 g/mol. The maximum absolute atomic E-state index is 3.55. The second kappa shape index (κ2) is 5.40. The average Bonchev–Trinajstić information content (AvgIpc) is 2.64. The zero-order chi connectivity index (χ0) is 7.84. The molecule has 0 bridgehead atoms. The summed E-state index contributed by atoms with van der Waals surface area (Å²) in [5.41, 5.74) is 0. The summed E-state index contributed by atoms with van der Waals surface area (Å²) in [5, 5.41) is 3.55. The summed E-state index contributed by atoms with van der Waals surface area (Å²) in [7, 11) is 0. The van der Waals surface area contributed by atoms with Gasteiger partial charge in [-0.2, -0.15) is 0 Å². The Morgan fingerprint density at radius 3 is 1.85 bits per heavy atom. The lowest BCUT2D eigenvalue weighted by molar-refractivity contribution is 0.165. The first-order valence-corrected chi connectivity index (χ1v) is 4.76. The third-order valence-electron chi connectivity index (χ3n) is 2.65. The molecular weight excluding hydrogens is 207 g/mol.